The van der Waals surface area contributed by atoms with Crippen molar-refractivity contribution in [3.63, 3.8) is 0 Å². The molecule has 0 saturated heterocycles. The number of nitrogens with zero attached hydrogens (tertiary/aromatic N) is 6. The minimum Gasteiger partial charge on any atom is -0.243 e. The zero-order chi connectivity index (χ0) is 13.0. The number of aromatic nitrogens is 6. The predicted molar refractivity (Wildman–Crippen MR) is 59.4 cm³/mol. The van der Waals surface area contributed by atoms with Crippen molar-refractivity contribution in [1.82, 2.24) is 30.0 Å². The highest BCUT2D eigenvalue weighted by Crippen LogP contribution is 2.08. The Hall–Kier alpha value is -2.12. The maximum absolute atomic E-state index is 13.9. The molecule has 2 aromatic rings. The van der Waals surface area contributed by atoms with Crippen LogP contribution in [0.1, 0.15) is 31.9 Å². The first kappa shape index (κ1) is 12.3. The van der Waals surface area contributed by atoms with Gasteiger partial charge >= 0.3 is 6.03 Å². The second-order valence-corrected chi connectivity index (χ2v) is 3.83. The van der Waals surface area contributed by atoms with Crippen molar-refractivity contribution in [2.45, 2.75) is 32.6 Å². The second-order valence-electron chi connectivity index (χ2n) is 3.83. The molecule has 0 aromatic carbocycles. The van der Waals surface area contributed by atoms with E-state index in [1.807, 2.05) is 0 Å². The molecule has 2 aromatic heterocycles. The Bertz CT molecular complexity index is 520. The van der Waals surface area contributed by atoms with Crippen molar-refractivity contribution in [3.05, 3.63) is 24.0 Å². The summed E-state index contributed by atoms with van der Waals surface area (Å²) in [6.07, 6.45) is 5.97. The summed E-state index contributed by atoms with van der Waals surface area (Å²) >= 11 is 0. The molecule has 0 saturated carbocycles. The highest BCUT2D eigenvalue weighted by Gasteiger charge is 2.19. The van der Waals surface area contributed by atoms with Gasteiger partial charge in [-0.25, -0.2) is 4.79 Å². The van der Waals surface area contributed by atoms with E-state index in [4.69, 9.17) is 0 Å². The van der Waals surface area contributed by atoms with Crippen molar-refractivity contribution in [2.75, 3.05) is 0 Å². The van der Waals surface area contributed by atoms with Gasteiger partial charge < -0.3 is 0 Å². The Morgan fingerprint density at radius 3 is 2.89 bits per heavy atom. The van der Waals surface area contributed by atoms with Crippen molar-refractivity contribution >= 4 is 6.03 Å². The topological polar surface area (TPSA) is 78.5 Å². The summed E-state index contributed by atoms with van der Waals surface area (Å²) in [6.45, 7) is 2.06. The average molecular weight is 252 g/mol. The highest BCUT2D eigenvalue weighted by molar-refractivity contribution is 5.77. The Kier molecular flexibility index (Phi) is 3.75. The minimum atomic E-state index is -0.737. The number of carbonyl (C=O) groups excluding carboxylic acids is 1. The van der Waals surface area contributed by atoms with Crippen LogP contribution in [-0.4, -0.2) is 36.0 Å². The lowest BCUT2D eigenvalue weighted by Gasteiger charge is -1.98. The standard InChI is InChI=1S/C10H13FN6O/c1-2-3-4-5-8-9(11)17(15-13-8)10(18)16-7-6-12-14-16/h6-7H,2-5H2,1H3. The predicted octanol–water partition coefficient (Wildman–Crippen LogP) is 1.26. The zero-order valence-electron chi connectivity index (χ0n) is 9.95. The Balaban J connectivity index is 2.13. The molecular weight excluding hydrogens is 239 g/mol. The van der Waals surface area contributed by atoms with Crippen molar-refractivity contribution in [3.8, 4) is 0 Å². The van der Waals surface area contributed by atoms with Gasteiger partial charge in [0, 0.05) is 0 Å². The molecule has 0 fully saturated rings. The average Bonchev–Trinajstić information content (AvgIpc) is 3.00. The first-order valence-electron chi connectivity index (χ1n) is 5.75. The molecule has 0 atom stereocenters. The quantitative estimate of drug-likeness (QED) is 0.765. The molecular formula is C10H13FN6O. The van der Waals surface area contributed by atoms with Crippen LogP contribution in [0.25, 0.3) is 0 Å². The normalized spacial score (nSPS) is 10.8. The van der Waals surface area contributed by atoms with Gasteiger partial charge in [0.15, 0.2) is 0 Å². The van der Waals surface area contributed by atoms with Crippen LogP contribution in [0.4, 0.5) is 9.18 Å². The van der Waals surface area contributed by atoms with Gasteiger partial charge in [0.1, 0.15) is 5.69 Å². The summed E-state index contributed by atoms with van der Waals surface area (Å²) in [6, 6.07) is -0.737. The van der Waals surface area contributed by atoms with Crippen LogP contribution in [0.2, 0.25) is 0 Å². The summed E-state index contributed by atoms with van der Waals surface area (Å²) in [5.41, 5.74) is 0.205. The Labute approximate surface area is 103 Å². The fourth-order valence-electron chi connectivity index (χ4n) is 1.53. The molecule has 0 aliphatic rings. The molecule has 0 radical (unpaired) electrons. The molecule has 0 aliphatic heterocycles. The molecule has 0 N–H and O–H groups in total. The number of carbonyl (C=O) groups is 1. The fourth-order valence-corrected chi connectivity index (χ4v) is 1.53. The van der Waals surface area contributed by atoms with Crippen molar-refractivity contribution < 1.29 is 9.18 Å². The lowest BCUT2D eigenvalue weighted by molar-refractivity contribution is 0.233. The molecule has 0 unspecified atom stereocenters. The van der Waals surface area contributed by atoms with E-state index < -0.39 is 12.0 Å². The monoisotopic (exact) mass is 252 g/mol. The molecule has 0 bridgehead atoms. The largest absolute Gasteiger partial charge is 0.374 e. The van der Waals surface area contributed by atoms with Gasteiger partial charge in [-0.1, -0.05) is 30.2 Å². The van der Waals surface area contributed by atoms with E-state index in [-0.39, 0.29) is 5.69 Å². The summed E-state index contributed by atoms with van der Waals surface area (Å²) < 4.78 is 15.3. The van der Waals surface area contributed by atoms with E-state index in [0.717, 1.165) is 23.9 Å². The minimum absolute atomic E-state index is 0.205. The van der Waals surface area contributed by atoms with E-state index >= 15 is 0 Å². The third-order valence-corrected chi connectivity index (χ3v) is 2.50. The molecule has 0 spiro atoms. The lowest BCUT2D eigenvalue weighted by Crippen LogP contribution is -2.23. The molecule has 8 heteroatoms. The summed E-state index contributed by atoms with van der Waals surface area (Å²) in [4.78, 5) is 11.8. The molecule has 2 heterocycles. The zero-order valence-corrected chi connectivity index (χ0v) is 9.95. The number of halogens is 1. The third kappa shape index (κ3) is 2.41. The first-order chi connectivity index (χ1) is 8.74. The second kappa shape index (κ2) is 5.48. The van der Waals surface area contributed by atoms with Gasteiger partial charge in [-0.15, -0.1) is 14.9 Å². The van der Waals surface area contributed by atoms with Crippen LogP contribution in [-0.2, 0) is 6.42 Å². The molecule has 0 amide bonds. The van der Waals surface area contributed by atoms with Crippen molar-refractivity contribution in [1.29, 1.82) is 0 Å². The Morgan fingerprint density at radius 1 is 1.39 bits per heavy atom. The maximum Gasteiger partial charge on any atom is 0.374 e. The SMILES string of the molecule is CCCCCc1nnn(C(=O)n2ccnn2)c1F. The highest BCUT2D eigenvalue weighted by atomic mass is 19.1. The molecule has 96 valence electrons. The van der Waals surface area contributed by atoms with Gasteiger partial charge in [0.25, 0.3) is 0 Å². The summed E-state index contributed by atoms with van der Waals surface area (Å²) in [7, 11) is 0. The van der Waals surface area contributed by atoms with Gasteiger partial charge in [0.2, 0.25) is 5.95 Å². The molecule has 18 heavy (non-hydrogen) atoms. The number of aryl methyl sites for hydroxylation is 1. The van der Waals surface area contributed by atoms with E-state index in [1.165, 1.54) is 12.4 Å². The van der Waals surface area contributed by atoms with Crippen LogP contribution in [0.5, 0.6) is 0 Å². The van der Waals surface area contributed by atoms with Gasteiger partial charge in [-0.3, -0.25) is 0 Å². The van der Waals surface area contributed by atoms with Crippen LogP contribution < -0.4 is 0 Å². The van der Waals surface area contributed by atoms with E-state index in [9.17, 15) is 9.18 Å². The fraction of sp³-hybridized carbons (Fsp3) is 0.500. The smallest absolute Gasteiger partial charge is 0.243 e. The number of unbranched alkanes of at least 4 members (excludes halogenated alkanes) is 2. The number of hydrogen-bond acceptors (Lipinski definition) is 5. The summed E-state index contributed by atoms with van der Waals surface area (Å²) in [5.74, 6) is -0.730. The Morgan fingerprint density at radius 2 is 2.22 bits per heavy atom. The van der Waals surface area contributed by atoms with Crippen LogP contribution in [0.15, 0.2) is 12.4 Å². The third-order valence-electron chi connectivity index (χ3n) is 2.50. The molecule has 2 rings (SSSR count). The van der Waals surface area contributed by atoms with Gasteiger partial charge in [0.05, 0.1) is 12.4 Å². The van der Waals surface area contributed by atoms with Gasteiger partial charge in [-0.05, 0) is 12.8 Å². The van der Waals surface area contributed by atoms with E-state index in [0.29, 0.717) is 11.1 Å². The van der Waals surface area contributed by atoms with Crippen molar-refractivity contribution in [2.24, 2.45) is 0 Å². The van der Waals surface area contributed by atoms with E-state index in [2.05, 4.69) is 27.5 Å². The lowest BCUT2D eigenvalue weighted by atomic mass is 10.2. The van der Waals surface area contributed by atoms with Gasteiger partial charge in [-0.2, -0.15) is 9.07 Å². The first-order valence-corrected chi connectivity index (χ1v) is 5.75. The van der Waals surface area contributed by atoms with E-state index in [1.54, 1.807) is 0 Å². The van der Waals surface area contributed by atoms with Crippen LogP contribution in [0, 0.1) is 5.95 Å². The van der Waals surface area contributed by atoms with Crippen LogP contribution >= 0.6 is 0 Å². The summed E-state index contributed by atoms with van der Waals surface area (Å²) in [5, 5.41) is 14.1. The van der Waals surface area contributed by atoms with Crippen LogP contribution in [0.3, 0.4) is 0 Å². The number of rotatable bonds is 4. The molecule has 0 aliphatic carbocycles. The molecule has 7 nitrogen and oxygen atoms in total. The maximum atomic E-state index is 13.9. The number of hydrogen-bond donors (Lipinski definition) is 0.